The molecule has 0 saturated heterocycles. The second-order valence-electron chi connectivity index (χ2n) is 3.39. The Labute approximate surface area is 133 Å². The van der Waals surface area contributed by atoms with Crippen molar-refractivity contribution in [2.45, 2.75) is 36.5 Å². The van der Waals surface area contributed by atoms with Crippen LogP contribution in [0.4, 0.5) is 39.5 Å². The monoisotopic (exact) mass is 366 g/mol. The van der Waals surface area contributed by atoms with Gasteiger partial charge in [0.05, 0.1) is 0 Å². The Morgan fingerprint density at radius 1 is 0.952 bits per heavy atom. The van der Waals surface area contributed by atoms with Crippen LogP contribution in [-0.4, -0.2) is 42.5 Å². The van der Waals surface area contributed by atoms with Gasteiger partial charge in [0.2, 0.25) is 0 Å². The molecule has 0 aromatic rings. The van der Waals surface area contributed by atoms with Gasteiger partial charge in [-0.15, -0.1) is 0 Å². The van der Waals surface area contributed by atoms with E-state index in [0.29, 0.717) is 0 Å². The van der Waals surface area contributed by atoms with Crippen LogP contribution >= 0.6 is 0 Å². The van der Waals surface area contributed by atoms with Crippen molar-refractivity contribution in [2.75, 3.05) is 0 Å². The molecule has 0 aliphatic carbocycles. The Hall–Kier alpha value is 0.240. The van der Waals surface area contributed by atoms with E-state index in [2.05, 4.69) is 0 Å². The Kier molecular flexibility index (Phi) is 7.15. The third-order valence-electron chi connectivity index (χ3n) is 1.89. The van der Waals surface area contributed by atoms with Crippen LogP contribution < -0.4 is 29.6 Å². The van der Waals surface area contributed by atoms with E-state index in [1.54, 1.807) is 0 Å². The van der Waals surface area contributed by atoms with Crippen LogP contribution in [0.25, 0.3) is 0 Å². The molecular weight excluding hydrogens is 362 g/mol. The quantitative estimate of drug-likeness (QED) is 0.368. The predicted molar refractivity (Wildman–Crippen MR) is 41.1 cm³/mol. The molecule has 0 aromatic carbocycles. The van der Waals surface area contributed by atoms with Gasteiger partial charge in [0.1, 0.15) is 15.4 Å². The molecule has 1 unspecified atom stereocenters. The van der Waals surface area contributed by atoms with Gasteiger partial charge in [0, 0.05) is 0 Å². The van der Waals surface area contributed by atoms with Gasteiger partial charge >= 0.3 is 53.9 Å². The van der Waals surface area contributed by atoms with Crippen molar-refractivity contribution in [2.24, 2.45) is 0 Å². The largest absolute Gasteiger partial charge is 1.00 e. The molecule has 0 spiro atoms. The average molecular weight is 366 g/mol. The Morgan fingerprint density at radius 2 is 1.29 bits per heavy atom. The number of alkyl halides is 9. The zero-order valence-electron chi connectivity index (χ0n) is 10.0. The number of halogens is 9. The molecular formula is C6H4F9NaO4S. The summed E-state index contributed by atoms with van der Waals surface area (Å²) in [6.45, 7) is -0.204. The van der Waals surface area contributed by atoms with Crippen molar-refractivity contribution < 1.29 is 86.8 Å². The first-order valence-electron chi connectivity index (χ1n) is 4.21. The summed E-state index contributed by atoms with van der Waals surface area (Å²) < 4.78 is 142. The molecule has 0 aromatic heterocycles. The Morgan fingerprint density at radius 3 is 1.52 bits per heavy atom. The van der Waals surface area contributed by atoms with Crippen LogP contribution in [0.5, 0.6) is 0 Å². The van der Waals surface area contributed by atoms with E-state index in [1.807, 2.05) is 4.74 Å². The Balaban J connectivity index is 0. The molecule has 0 aliphatic heterocycles. The van der Waals surface area contributed by atoms with E-state index in [4.69, 9.17) is 0 Å². The molecule has 0 N–H and O–H groups in total. The molecule has 122 valence electrons. The molecule has 0 bridgehead atoms. The zero-order chi connectivity index (χ0) is 16.8. The third kappa shape index (κ3) is 5.13. The van der Waals surface area contributed by atoms with E-state index in [-0.39, 0.29) is 36.5 Å². The predicted octanol–water partition coefficient (Wildman–Crippen LogP) is -0.676. The van der Waals surface area contributed by atoms with Crippen molar-refractivity contribution in [1.82, 2.24) is 0 Å². The number of ether oxygens (including phenoxy) is 1. The summed E-state index contributed by atoms with van der Waals surface area (Å²) in [5.41, 5.74) is 0. The second kappa shape index (κ2) is 6.39. The average Bonchev–Trinajstić information content (AvgIpc) is 2.11. The van der Waals surface area contributed by atoms with Crippen molar-refractivity contribution in [3.8, 4) is 0 Å². The number of hydrogen-bond donors (Lipinski definition) is 0. The zero-order valence-corrected chi connectivity index (χ0v) is 12.8. The maximum Gasteiger partial charge on any atom is 1.00 e. The summed E-state index contributed by atoms with van der Waals surface area (Å²) in [5.74, 6) is -7.03. The van der Waals surface area contributed by atoms with E-state index in [9.17, 15) is 52.5 Å². The number of rotatable bonds is 5. The molecule has 15 heteroatoms. The first-order chi connectivity index (χ1) is 8.36. The first-order valence-corrected chi connectivity index (χ1v) is 5.68. The van der Waals surface area contributed by atoms with Crippen LogP contribution in [-0.2, 0) is 14.9 Å². The first kappa shape index (κ1) is 23.5. The Bertz CT molecular complexity index is 459. The standard InChI is InChI=1S/C6H5F9O4S.Na/c1-2(20(16,17)18)3(7,8)19-6(14,15)4(9,10)5(11,12)13;/h2H,1H3,(H,16,17,18);/q;+1/p-1. The minimum absolute atomic E-state index is 0. The van der Waals surface area contributed by atoms with Crippen LogP contribution in [0, 0.1) is 0 Å². The minimum atomic E-state index is -7.03. The molecule has 0 radical (unpaired) electrons. The molecule has 0 rings (SSSR count). The molecule has 0 fully saturated rings. The van der Waals surface area contributed by atoms with Crippen molar-refractivity contribution in [3.63, 3.8) is 0 Å². The van der Waals surface area contributed by atoms with Gasteiger partial charge in [0.15, 0.2) is 0 Å². The topological polar surface area (TPSA) is 66.4 Å². The van der Waals surface area contributed by atoms with E-state index in [0.717, 1.165) is 0 Å². The smallest absolute Gasteiger partial charge is 0.747 e. The number of hydrogen-bond acceptors (Lipinski definition) is 4. The molecule has 0 saturated carbocycles. The van der Waals surface area contributed by atoms with Gasteiger partial charge in [0.25, 0.3) is 0 Å². The van der Waals surface area contributed by atoms with Gasteiger partial charge in [-0.1, -0.05) is 0 Å². The van der Waals surface area contributed by atoms with Gasteiger partial charge in [-0.3, -0.25) is 0 Å². The van der Waals surface area contributed by atoms with E-state index < -0.39 is 39.7 Å². The molecule has 4 nitrogen and oxygen atoms in total. The molecule has 21 heavy (non-hydrogen) atoms. The fourth-order valence-electron chi connectivity index (χ4n) is 0.651. The molecule has 0 aliphatic rings. The van der Waals surface area contributed by atoms with Crippen molar-refractivity contribution >= 4 is 10.1 Å². The maximum absolute atomic E-state index is 12.7. The normalized spacial score (nSPS) is 16.3. The summed E-state index contributed by atoms with van der Waals surface area (Å²) in [5, 5.41) is -3.62. The maximum atomic E-state index is 12.7. The SMILES string of the molecule is CC(C(F)(F)OC(F)(F)C(F)(F)C(F)(F)F)S(=O)(=O)[O-].[Na+]. The van der Waals surface area contributed by atoms with Crippen LogP contribution in [0.2, 0.25) is 0 Å². The molecule has 0 heterocycles. The fourth-order valence-corrected chi connectivity index (χ4v) is 1.04. The summed E-state index contributed by atoms with van der Waals surface area (Å²) >= 11 is 0. The van der Waals surface area contributed by atoms with Crippen LogP contribution in [0.1, 0.15) is 6.92 Å². The van der Waals surface area contributed by atoms with Gasteiger partial charge in [-0.25, -0.2) is 13.2 Å². The van der Waals surface area contributed by atoms with Gasteiger partial charge < -0.3 is 4.55 Å². The summed E-state index contributed by atoms with van der Waals surface area (Å²) in [6, 6.07) is 0. The molecule has 1 atom stereocenters. The minimum Gasteiger partial charge on any atom is -0.747 e. The van der Waals surface area contributed by atoms with E-state index in [1.165, 1.54) is 0 Å². The summed E-state index contributed by atoms with van der Waals surface area (Å²) in [7, 11) is -6.00. The van der Waals surface area contributed by atoms with Crippen LogP contribution in [0.15, 0.2) is 0 Å². The molecule has 0 amide bonds. The third-order valence-corrected chi connectivity index (χ3v) is 3.03. The van der Waals surface area contributed by atoms with E-state index >= 15 is 0 Å². The van der Waals surface area contributed by atoms with Gasteiger partial charge in [-0.05, 0) is 6.92 Å². The van der Waals surface area contributed by atoms with Gasteiger partial charge in [-0.2, -0.15) is 39.5 Å². The van der Waals surface area contributed by atoms with Crippen molar-refractivity contribution in [3.05, 3.63) is 0 Å². The fraction of sp³-hybridized carbons (Fsp3) is 1.00. The summed E-state index contributed by atoms with van der Waals surface area (Å²) in [6.07, 6.45) is -19.5. The second-order valence-corrected chi connectivity index (χ2v) is 5.08. The van der Waals surface area contributed by atoms with Crippen molar-refractivity contribution in [1.29, 1.82) is 0 Å². The van der Waals surface area contributed by atoms with Crippen LogP contribution in [0.3, 0.4) is 0 Å². The summed E-state index contributed by atoms with van der Waals surface area (Å²) in [4.78, 5) is 0.